The molecule has 1 aromatic rings. The highest BCUT2D eigenvalue weighted by Gasteiger charge is 2.65. The van der Waals surface area contributed by atoms with Gasteiger partial charge in [-0.2, -0.15) is 13.2 Å². The van der Waals surface area contributed by atoms with Gasteiger partial charge in [0, 0.05) is 6.42 Å². The van der Waals surface area contributed by atoms with Gasteiger partial charge in [0.25, 0.3) is 0 Å². The number of halogens is 3. The van der Waals surface area contributed by atoms with Crippen molar-refractivity contribution in [2.45, 2.75) is 109 Å². The summed E-state index contributed by atoms with van der Waals surface area (Å²) in [5.41, 5.74) is -1.71. The summed E-state index contributed by atoms with van der Waals surface area (Å²) >= 11 is 0. The molecular weight excluding hydrogens is 477 g/mol. The topological polar surface area (TPSA) is 60.7 Å². The van der Waals surface area contributed by atoms with Gasteiger partial charge in [-0.05, 0) is 110 Å². The molecule has 1 aromatic carbocycles. The van der Waals surface area contributed by atoms with Crippen molar-refractivity contribution in [1.82, 2.24) is 0 Å². The quantitative estimate of drug-likeness (QED) is 0.388. The molecule has 0 saturated heterocycles. The molecule has 37 heavy (non-hydrogen) atoms. The van der Waals surface area contributed by atoms with Crippen LogP contribution in [0.15, 0.2) is 30.3 Å². The van der Waals surface area contributed by atoms with Gasteiger partial charge in [0.05, 0.1) is 12.2 Å². The summed E-state index contributed by atoms with van der Waals surface area (Å²) in [4.78, 5) is 0. The van der Waals surface area contributed by atoms with Crippen LogP contribution in [0.2, 0.25) is 0 Å². The van der Waals surface area contributed by atoms with E-state index in [4.69, 9.17) is 0 Å². The van der Waals surface area contributed by atoms with E-state index in [1.54, 1.807) is 0 Å². The first-order valence-corrected chi connectivity index (χ1v) is 14.5. The second-order valence-electron chi connectivity index (χ2n) is 13.7. The van der Waals surface area contributed by atoms with Gasteiger partial charge in [-0.15, -0.1) is 0 Å². The van der Waals surface area contributed by atoms with Crippen LogP contribution in [0.3, 0.4) is 0 Å². The zero-order valence-corrected chi connectivity index (χ0v) is 22.6. The Bertz CT molecular complexity index is 953. The normalized spacial score (nSPS) is 44.3. The Labute approximate surface area is 219 Å². The number of hydrogen-bond donors (Lipinski definition) is 3. The van der Waals surface area contributed by atoms with Gasteiger partial charge in [-0.25, -0.2) is 0 Å². The molecule has 3 nitrogen and oxygen atoms in total. The number of aliphatic hydroxyl groups is 3. The Morgan fingerprint density at radius 3 is 2.24 bits per heavy atom. The molecule has 0 heterocycles. The van der Waals surface area contributed by atoms with Crippen molar-refractivity contribution in [2.24, 2.45) is 46.3 Å². The molecule has 4 aliphatic carbocycles. The van der Waals surface area contributed by atoms with Crippen LogP contribution in [0.5, 0.6) is 0 Å². The smallest absolute Gasteiger partial charge is 0.393 e. The largest absolute Gasteiger partial charge is 0.417 e. The SMILES string of the molecule is C[C@@H]([C@H]1CC[C@H]2[C@@H]3CC[C@H]4C[C@](O)(C(F)(F)F)CC[C@]4(C)[C@H]3CC[C@]12C)[C@@H](O)C[C@@H](O)c1ccccc1. The third-order valence-corrected chi connectivity index (χ3v) is 12.2. The molecule has 0 aromatic heterocycles. The molecule has 6 heteroatoms. The molecule has 0 spiro atoms. The van der Waals surface area contributed by atoms with Crippen LogP contribution in [0.25, 0.3) is 0 Å². The average molecular weight is 523 g/mol. The highest BCUT2D eigenvalue weighted by Crippen LogP contribution is 2.69. The zero-order chi connectivity index (χ0) is 26.8. The summed E-state index contributed by atoms with van der Waals surface area (Å²) in [7, 11) is 0. The predicted octanol–water partition coefficient (Wildman–Crippen LogP) is 7.06. The number of rotatable bonds is 5. The lowest BCUT2D eigenvalue weighted by Gasteiger charge is -2.62. The molecule has 0 radical (unpaired) electrons. The second-order valence-corrected chi connectivity index (χ2v) is 13.7. The summed E-state index contributed by atoms with van der Waals surface area (Å²) in [6.45, 7) is 6.76. The lowest BCUT2D eigenvalue weighted by molar-refractivity contribution is -0.290. The van der Waals surface area contributed by atoms with E-state index in [1.807, 2.05) is 30.3 Å². The van der Waals surface area contributed by atoms with E-state index in [0.29, 0.717) is 36.5 Å². The first-order chi connectivity index (χ1) is 17.3. The van der Waals surface area contributed by atoms with Crippen molar-refractivity contribution in [1.29, 1.82) is 0 Å². The minimum absolute atomic E-state index is 0.0732. The molecule has 4 fully saturated rings. The molecular formula is C31H45F3O3. The van der Waals surface area contributed by atoms with Crippen molar-refractivity contribution < 1.29 is 28.5 Å². The zero-order valence-electron chi connectivity index (χ0n) is 22.6. The molecule has 0 aliphatic heterocycles. The maximum Gasteiger partial charge on any atom is 0.417 e. The second kappa shape index (κ2) is 9.52. The maximum atomic E-state index is 13.6. The van der Waals surface area contributed by atoms with Gasteiger partial charge in [0.2, 0.25) is 0 Å². The van der Waals surface area contributed by atoms with Gasteiger partial charge >= 0.3 is 6.18 Å². The fourth-order valence-electron chi connectivity index (χ4n) is 9.93. The van der Waals surface area contributed by atoms with E-state index >= 15 is 0 Å². The van der Waals surface area contributed by atoms with Gasteiger partial charge in [-0.3, -0.25) is 0 Å². The molecule has 3 N–H and O–H groups in total. The first-order valence-electron chi connectivity index (χ1n) is 14.5. The van der Waals surface area contributed by atoms with Crippen LogP contribution in [0, 0.1) is 46.3 Å². The van der Waals surface area contributed by atoms with E-state index in [9.17, 15) is 28.5 Å². The Morgan fingerprint density at radius 1 is 0.892 bits per heavy atom. The van der Waals surface area contributed by atoms with Gasteiger partial charge < -0.3 is 15.3 Å². The third-order valence-electron chi connectivity index (χ3n) is 12.2. The Kier molecular flexibility index (Phi) is 7.06. The van der Waals surface area contributed by atoms with Crippen LogP contribution in [-0.2, 0) is 0 Å². The van der Waals surface area contributed by atoms with E-state index in [1.165, 1.54) is 0 Å². The van der Waals surface area contributed by atoms with Crippen LogP contribution in [0.4, 0.5) is 13.2 Å². The van der Waals surface area contributed by atoms with E-state index in [0.717, 1.165) is 44.1 Å². The highest BCUT2D eigenvalue weighted by atomic mass is 19.4. The molecule has 5 rings (SSSR count). The highest BCUT2D eigenvalue weighted by molar-refractivity contribution is 5.18. The van der Waals surface area contributed by atoms with Crippen molar-refractivity contribution >= 4 is 0 Å². The molecule has 4 saturated carbocycles. The summed E-state index contributed by atoms with van der Waals surface area (Å²) in [5.74, 6) is 1.85. The monoisotopic (exact) mass is 522 g/mol. The van der Waals surface area contributed by atoms with Gasteiger partial charge in [0.15, 0.2) is 5.60 Å². The fraction of sp³-hybridized carbons (Fsp3) is 0.806. The molecule has 208 valence electrons. The van der Waals surface area contributed by atoms with Crippen LogP contribution < -0.4 is 0 Å². The van der Waals surface area contributed by atoms with Gasteiger partial charge in [-0.1, -0.05) is 51.1 Å². The van der Waals surface area contributed by atoms with Crippen molar-refractivity contribution in [3.8, 4) is 0 Å². The number of fused-ring (bicyclic) bond motifs is 5. The molecule has 0 amide bonds. The van der Waals surface area contributed by atoms with Gasteiger partial charge in [0.1, 0.15) is 0 Å². The molecule has 0 unspecified atom stereocenters. The molecule has 11 atom stereocenters. The van der Waals surface area contributed by atoms with Crippen LogP contribution >= 0.6 is 0 Å². The van der Waals surface area contributed by atoms with E-state index < -0.39 is 24.0 Å². The first kappa shape index (κ1) is 27.5. The molecule has 0 bridgehead atoms. The lowest BCUT2D eigenvalue weighted by atomic mass is 9.43. The summed E-state index contributed by atoms with van der Waals surface area (Å²) < 4.78 is 40.9. The summed E-state index contributed by atoms with van der Waals surface area (Å²) in [5, 5.41) is 32.4. The lowest BCUT2D eigenvalue weighted by Crippen LogP contribution is -2.59. The average Bonchev–Trinajstić information content (AvgIpc) is 3.21. The van der Waals surface area contributed by atoms with Crippen molar-refractivity contribution in [3.63, 3.8) is 0 Å². The minimum Gasteiger partial charge on any atom is -0.393 e. The predicted molar refractivity (Wildman–Crippen MR) is 137 cm³/mol. The summed E-state index contributed by atoms with van der Waals surface area (Å²) in [6.07, 6.45) is 0.629. The number of hydrogen-bond acceptors (Lipinski definition) is 3. The number of alkyl halides is 3. The summed E-state index contributed by atoms with van der Waals surface area (Å²) in [6, 6.07) is 9.52. The Balaban J connectivity index is 1.28. The van der Waals surface area contributed by atoms with E-state index in [-0.39, 0.29) is 35.5 Å². The number of aliphatic hydroxyl groups excluding tert-OH is 2. The van der Waals surface area contributed by atoms with Crippen molar-refractivity contribution in [3.05, 3.63) is 35.9 Å². The minimum atomic E-state index is -4.56. The maximum absolute atomic E-state index is 13.6. The van der Waals surface area contributed by atoms with Crippen LogP contribution in [-0.4, -0.2) is 33.2 Å². The third kappa shape index (κ3) is 4.47. The number of benzene rings is 1. The van der Waals surface area contributed by atoms with Crippen LogP contribution in [0.1, 0.15) is 96.6 Å². The Hall–Kier alpha value is -1.11. The standard InChI is InChI=1S/C31H45F3O3/c1-19(26(35)17-27(36)20-7-5-4-6-8-20)23-11-12-24-22-10-9-21-18-30(37,31(32,33)34)16-15-28(21,2)25(22)13-14-29(23,24)3/h4-8,19,21-27,35-37H,9-18H2,1-3H3/t19-,21-,22-,23+,24-,25-,26-,27+,28-,29+,30-/m0/s1. The Morgan fingerprint density at radius 2 is 1.57 bits per heavy atom. The van der Waals surface area contributed by atoms with E-state index in [2.05, 4.69) is 20.8 Å². The fourth-order valence-corrected chi connectivity index (χ4v) is 9.93. The molecule has 4 aliphatic rings. The van der Waals surface area contributed by atoms with Crippen molar-refractivity contribution in [2.75, 3.05) is 0 Å².